The van der Waals surface area contributed by atoms with Crippen LogP contribution in [0.5, 0.6) is 0 Å². The van der Waals surface area contributed by atoms with Crippen LogP contribution in [0.25, 0.3) is 0 Å². The fraction of sp³-hybridized carbons (Fsp3) is 0.814. The van der Waals surface area contributed by atoms with Gasteiger partial charge < -0.3 is 34.9 Å². The quantitative estimate of drug-likeness (QED) is 0.0158. The molecule has 1 aromatic rings. The van der Waals surface area contributed by atoms with Gasteiger partial charge in [0.25, 0.3) is 13.5 Å². The van der Waals surface area contributed by atoms with Gasteiger partial charge in [0, 0.05) is 25.5 Å². The van der Waals surface area contributed by atoms with Crippen molar-refractivity contribution in [2.45, 2.75) is 200 Å². The molecule has 17 heteroatoms. The number of nitro groups is 1. The second-order valence-corrected chi connectivity index (χ2v) is 17.1. The van der Waals surface area contributed by atoms with Crippen molar-refractivity contribution in [1.29, 1.82) is 0 Å². The number of phosphoric acid groups is 1. The Kier molecular flexibility index (Phi) is 32.6. The van der Waals surface area contributed by atoms with E-state index in [1.807, 2.05) is 0 Å². The van der Waals surface area contributed by atoms with Gasteiger partial charge in [-0.25, -0.2) is 11.0 Å². The molecule has 0 amide bonds. The number of esters is 2. The Morgan fingerprint density at radius 2 is 1.13 bits per heavy atom. The number of hydrogen-bond acceptors (Lipinski definition) is 14. The van der Waals surface area contributed by atoms with Crippen LogP contribution in [-0.4, -0.2) is 49.3 Å². The fourth-order valence-electron chi connectivity index (χ4n) is 6.98. The highest BCUT2D eigenvalue weighted by atomic mass is 31.2. The first-order valence-electron chi connectivity index (χ1n) is 22.8. The Morgan fingerprint density at radius 3 is 1.62 bits per heavy atom. The van der Waals surface area contributed by atoms with Crippen LogP contribution in [0.2, 0.25) is 0 Å². The van der Waals surface area contributed by atoms with Crippen molar-refractivity contribution in [3.8, 4) is 0 Å². The smallest absolute Gasteiger partial charge is 0.306 e. The lowest BCUT2D eigenvalue weighted by atomic mass is 10.0. The molecular formula is C43H80N5O11P. The van der Waals surface area contributed by atoms with E-state index in [0.717, 1.165) is 38.5 Å². The third-order valence-electron chi connectivity index (χ3n) is 10.5. The van der Waals surface area contributed by atoms with Gasteiger partial charge in [0.05, 0.1) is 23.8 Å². The van der Waals surface area contributed by atoms with Gasteiger partial charge in [-0.3, -0.25) is 24.3 Å². The molecule has 1 aromatic carbocycles. The van der Waals surface area contributed by atoms with Crippen LogP contribution >= 0.6 is 7.82 Å². The molecule has 0 aromatic heterocycles. The number of hydrogen-bond donors (Lipinski definition) is 4. The minimum Gasteiger partial charge on any atom is -0.756 e. The van der Waals surface area contributed by atoms with Gasteiger partial charge in [-0.05, 0) is 18.9 Å². The maximum atomic E-state index is 12.8. The first kappa shape index (κ1) is 55.0. The van der Waals surface area contributed by atoms with Crippen LogP contribution in [-0.2, 0) is 37.6 Å². The number of carbonyl (C=O) groups is 2. The Balaban J connectivity index is 0.0000180. The average molecular weight is 874 g/mol. The number of nitro benzene ring substituents is 1. The molecule has 0 bridgehead atoms. The molecule has 2 rings (SSSR count). The summed E-state index contributed by atoms with van der Waals surface area (Å²) in [5, 5.41) is 14.2. The van der Waals surface area contributed by atoms with Crippen molar-refractivity contribution in [2.75, 3.05) is 42.6 Å². The normalized spacial score (nSPS) is 13.3. The molecule has 0 radical (unpaired) electrons. The highest BCUT2D eigenvalue weighted by Crippen LogP contribution is 2.42. The predicted octanol–water partition coefficient (Wildman–Crippen LogP) is 12.0. The summed E-state index contributed by atoms with van der Waals surface area (Å²) in [6.07, 6.45) is 30.1. The molecule has 1 heterocycles. The number of nitrogens with zero attached hydrogens (tertiary/aromatic N) is 1. The number of anilines is 3. The van der Waals surface area contributed by atoms with E-state index in [1.54, 1.807) is 0 Å². The molecule has 1 aliphatic heterocycles. The lowest BCUT2D eigenvalue weighted by Gasteiger charge is -2.25. The molecule has 1 aliphatic rings. The number of benzene rings is 1. The second-order valence-electron chi connectivity index (χ2n) is 15.7. The Hall–Kier alpha value is -3.01. The standard InChI is InChI=1S/C43H77N4O11P.H3N/c1-3-5-7-9-11-13-15-17-19-21-23-25-27-29-40(48)54-35-37(57-41(49)30-28-26-24-22-20-18-16-14-12-10-8-6-4-2)36-56-59(52,53)55-34-33-44-38-31-32-39(47(50)51)43-42(38)45-58-46-43;/h31-32,37,44-46H,3-30,33-36H2,1-2H3,(H,52,53);1H3. The van der Waals surface area contributed by atoms with E-state index in [2.05, 4.69) is 30.1 Å². The van der Waals surface area contributed by atoms with Gasteiger partial charge in [0.2, 0.25) is 0 Å². The number of fused-ring (bicyclic) bond motifs is 1. The summed E-state index contributed by atoms with van der Waals surface area (Å²) in [6, 6.07) is 2.73. The highest BCUT2D eigenvalue weighted by molar-refractivity contribution is 7.45. The average Bonchev–Trinajstić information content (AvgIpc) is 3.71. The first-order valence-corrected chi connectivity index (χ1v) is 24.3. The molecule has 2 unspecified atom stereocenters. The van der Waals surface area contributed by atoms with Crippen molar-refractivity contribution in [1.82, 2.24) is 6.15 Å². The SMILES string of the molecule is CCCCCCCCCCCCCCCC(=O)OCC(COP(=O)([O-])OCCNc1ccc([N+](=O)[O-])c2c1NON2)OC(=O)CCCCCCCCCCCCCCC.[NH4+]. The summed E-state index contributed by atoms with van der Waals surface area (Å²) < 4.78 is 33.6. The van der Waals surface area contributed by atoms with Gasteiger partial charge in [0.1, 0.15) is 12.3 Å². The second kappa shape index (κ2) is 35.6. The fourth-order valence-corrected chi connectivity index (χ4v) is 7.71. The van der Waals surface area contributed by atoms with E-state index in [9.17, 15) is 29.2 Å². The van der Waals surface area contributed by atoms with Crippen molar-refractivity contribution in [3.63, 3.8) is 0 Å². The molecule has 0 fully saturated rings. The Morgan fingerprint density at radius 1 is 0.683 bits per heavy atom. The number of ether oxygens (including phenoxy) is 2. The van der Waals surface area contributed by atoms with Crippen LogP contribution in [0.4, 0.5) is 22.7 Å². The Labute approximate surface area is 360 Å². The highest BCUT2D eigenvalue weighted by Gasteiger charge is 2.26. The van der Waals surface area contributed by atoms with Crippen molar-refractivity contribution < 1.29 is 47.4 Å². The van der Waals surface area contributed by atoms with Crippen LogP contribution in [0.3, 0.4) is 0 Å². The minimum absolute atomic E-state index is 0. The van der Waals surface area contributed by atoms with Gasteiger partial charge in [-0.15, -0.1) is 0 Å². The van der Waals surface area contributed by atoms with E-state index in [1.165, 1.54) is 128 Å². The molecule has 348 valence electrons. The molecule has 0 saturated heterocycles. The monoisotopic (exact) mass is 874 g/mol. The number of unbranched alkanes of at least 4 members (excludes halogenated alkanes) is 24. The number of rotatable bonds is 40. The molecule has 16 nitrogen and oxygen atoms in total. The van der Waals surface area contributed by atoms with Crippen LogP contribution in [0.15, 0.2) is 12.1 Å². The molecule has 60 heavy (non-hydrogen) atoms. The third kappa shape index (κ3) is 27.0. The zero-order chi connectivity index (χ0) is 42.8. The summed E-state index contributed by atoms with van der Waals surface area (Å²) in [7, 11) is -4.85. The molecule has 0 spiro atoms. The third-order valence-corrected chi connectivity index (χ3v) is 11.4. The van der Waals surface area contributed by atoms with Crippen LogP contribution in [0.1, 0.15) is 194 Å². The van der Waals surface area contributed by atoms with Gasteiger partial charge >= 0.3 is 11.9 Å². The predicted molar refractivity (Wildman–Crippen MR) is 237 cm³/mol. The van der Waals surface area contributed by atoms with E-state index >= 15 is 0 Å². The zero-order valence-corrected chi connectivity index (χ0v) is 38.1. The van der Waals surface area contributed by atoms with E-state index in [4.69, 9.17) is 23.5 Å². The largest absolute Gasteiger partial charge is 0.756 e. The van der Waals surface area contributed by atoms with Crippen LogP contribution in [0, 0.1) is 10.1 Å². The van der Waals surface area contributed by atoms with E-state index in [0.29, 0.717) is 18.5 Å². The number of quaternary nitrogens is 1. The maximum Gasteiger partial charge on any atom is 0.306 e. The minimum atomic E-state index is -4.85. The summed E-state index contributed by atoms with van der Waals surface area (Å²) in [5.74, 6) is -0.950. The molecule has 2 atom stereocenters. The topological polar surface area (TPSA) is 236 Å². The number of nitrogens with one attached hydrogen (secondary N) is 3. The van der Waals surface area contributed by atoms with Crippen LogP contribution < -0.4 is 27.3 Å². The molecule has 0 saturated carbocycles. The van der Waals surface area contributed by atoms with Crippen molar-refractivity contribution >= 4 is 42.5 Å². The summed E-state index contributed by atoms with van der Waals surface area (Å²) in [5.41, 5.74) is 5.56. The summed E-state index contributed by atoms with van der Waals surface area (Å²) in [4.78, 5) is 53.5. The lowest BCUT2D eigenvalue weighted by Crippen LogP contribution is -2.30. The van der Waals surface area contributed by atoms with E-state index < -0.39 is 37.4 Å². The number of phosphoric ester groups is 1. The summed E-state index contributed by atoms with van der Waals surface area (Å²) >= 11 is 0. The van der Waals surface area contributed by atoms with Gasteiger partial charge in [-0.1, -0.05) is 168 Å². The Bertz CT molecular complexity index is 1340. The lowest BCUT2D eigenvalue weighted by molar-refractivity contribution is -0.384. The van der Waals surface area contributed by atoms with Crippen molar-refractivity contribution in [3.05, 3.63) is 22.2 Å². The molecule has 7 N–H and O–H groups in total. The van der Waals surface area contributed by atoms with E-state index in [-0.39, 0.29) is 55.8 Å². The number of carbonyl (C=O) groups excluding carboxylic acids is 2. The van der Waals surface area contributed by atoms with Gasteiger partial charge in [-0.2, -0.15) is 4.94 Å². The summed E-state index contributed by atoms with van der Waals surface area (Å²) in [6.45, 7) is 3.22. The van der Waals surface area contributed by atoms with Crippen molar-refractivity contribution in [2.24, 2.45) is 0 Å². The zero-order valence-electron chi connectivity index (χ0n) is 37.2. The first-order chi connectivity index (χ1) is 28.7. The van der Waals surface area contributed by atoms with Gasteiger partial charge in [0.15, 0.2) is 11.8 Å². The molecular weight excluding hydrogens is 793 g/mol. The molecule has 0 aliphatic carbocycles. The maximum absolute atomic E-state index is 12.8.